The van der Waals surface area contributed by atoms with E-state index in [1.165, 1.54) is 6.42 Å². The van der Waals surface area contributed by atoms with E-state index >= 15 is 0 Å². The minimum atomic E-state index is -0.159. The van der Waals surface area contributed by atoms with Crippen LogP contribution >= 0.6 is 0 Å². The Balaban J connectivity index is 1.74. The fourth-order valence-corrected chi connectivity index (χ4v) is 1.45. The average molecular weight is 185 g/mol. The molecule has 0 N–H and O–H groups in total. The molecule has 0 aromatic rings. The fraction of sp³-hybridized carbons (Fsp3) is 0.889. The van der Waals surface area contributed by atoms with Gasteiger partial charge in [0, 0.05) is 13.1 Å². The van der Waals surface area contributed by atoms with Gasteiger partial charge in [0.1, 0.15) is 6.10 Å². The van der Waals surface area contributed by atoms with Crippen LogP contribution in [-0.2, 0) is 9.47 Å². The molecule has 0 aromatic carbocycles. The van der Waals surface area contributed by atoms with Crippen LogP contribution in [-0.4, -0.2) is 43.4 Å². The second-order valence-corrected chi connectivity index (χ2v) is 3.54. The van der Waals surface area contributed by atoms with E-state index in [4.69, 9.17) is 9.47 Å². The van der Waals surface area contributed by atoms with Crippen LogP contribution in [0.4, 0.5) is 4.79 Å². The monoisotopic (exact) mass is 185 g/mol. The zero-order valence-electron chi connectivity index (χ0n) is 7.70. The van der Waals surface area contributed by atoms with E-state index in [0.717, 1.165) is 12.8 Å². The van der Waals surface area contributed by atoms with Crippen molar-refractivity contribution < 1.29 is 14.3 Å². The van der Waals surface area contributed by atoms with Crippen molar-refractivity contribution in [2.75, 3.05) is 26.3 Å². The molecule has 0 bridgehead atoms. The Bertz CT molecular complexity index is 185. The predicted octanol–water partition coefficient (Wildman–Crippen LogP) is 1.01. The number of rotatable bonds is 1. The van der Waals surface area contributed by atoms with Crippen LogP contribution in [0.2, 0.25) is 0 Å². The second kappa shape index (κ2) is 3.96. The van der Waals surface area contributed by atoms with Crippen molar-refractivity contribution in [2.45, 2.75) is 25.4 Å². The van der Waals surface area contributed by atoms with E-state index in [2.05, 4.69) is 0 Å². The lowest BCUT2D eigenvalue weighted by molar-refractivity contribution is -0.00433. The maximum absolute atomic E-state index is 11.4. The normalized spacial score (nSPS) is 23.8. The molecule has 13 heavy (non-hydrogen) atoms. The van der Waals surface area contributed by atoms with Crippen LogP contribution in [0.5, 0.6) is 0 Å². The molecule has 0 spiro atoms. The Labute approximate surface area is 77.8 Å². The lowest BCUT2D eigenvalue weighted by Gasteiger charge is -2.31. The number of carbonyl (C=O) groups is 1. The Morgan fingerprint density at radius 2 is 2.00 bits per heavy atom. The minimum absolute atomic E-state index is 0.159. The Morgan fingerprint density at radius 3 is 2.54 bits per heavy atom. The molecule has 1 aliphatic carbocycles. The highest BCUT2D eigenvalue weighted by Gasteiger charge is 2.25. The van der Waals surface area contributed by atoms with E-state index in [-0.39, 0.29) is 12.2 Å². The van der Waals surface area contributed by atoms with Gasteiger partial charge in [0.15, 0.2) is 0 Å². The first-order valence-corrected chi connectivity index (χ1v) is 4.89. The van der Waals surface area contributed by atoms with Crippen molar-refractivity contribution in [1.29, 1.82) is 0 Å². The van der Waals surface area contributed by atoms with Gasteiger partial charge < -0.3 is 14.4 Å². The summed E-state index contributed by atoms with van der Waals surface area (Å²) in [6, 6.07) is 0. The van der Waals surface area contributed by atoms with E-state index in [1.54, 1.807) is 4.90 Å². The first kappa shape index (κ1) is 8.81. The molecule has 4 heteroatoms. The van der Waals surface area contributed by atoms with Crippen molar-refractivity contribution >= 4 is 6.09 Å². The van der Waals surface area contributed by atoms with Gasteiger partial charge in [-0.15, -0.1) is 0 Å². The van der Waals surface area contributed by atoms with Crippen LogP contribution in [0.1, 0.15) is 19.3 Å². The molecule has 4 nitrogen and oxygen atoms in total. The summed E-state index contributed by atoms with van der Waals surface area (Å²) in [7, 11) is 0. The lowest BCUT2D eigenvalue weighted by Crippen LogP contribution is -2.43. The zero-order chi connectivity index (χ0) is 9.10. The zero-order valence-corrected chi connectivity index (χ0v) is 7.70. The van der Waals surface area contributed by atoms with Crippen molar-refractivity contribution in [3.63, 3.8) is 0 Å². The van der Waals surface area contributed by atoms with Crippen molar-refractivity contribution in [2.24, 2.45) is 0 Å². The quantitative estimate of drug-likeness (QED) is 0.612. The van der Waals surface area contributed by atoms with Crippen molar-refractivity contribution in [3.8, 4) is 0 Å². The molecular weight excluding hydrogens is 170 g/mol. The van der Waals surface area contributed by atoms with Crippen LogP contribution in [0.25, 0.3) is 0 Å². The fourth-order valence-electron chi connectivity index (χ4n) is 1.45. The summed E-state index contributed by atoms with van der Waals surface area (Å²) in [5.74, 6) is 0. The molecule has 1 aliphatic heterocycles. The highest BCUT2D eigenvalue weighted by atomic mass is 16.6. The van der Waals surface area contributed by atoms with Gasteiger partial charge in [0.2, 0.25) is 0 Å². The summed E-state index contributed by atoms with van der Waals surface area (Å²) < 4.78 is 10.4. The number of ether oxygens (including phenoxy) is 2. The molecule has 74 valence electrons. The number of morpholine rings is 1. The number of hydrogen-bond donors (Lipinski definition) is 0. The molecule has 1 saturated carbocycles. The largest absolute Gasteiger partial charge is 0.446 e. The van der Waals surface area contributed by atoms with Crippen LogP contribution < -0.4 is 0 Å². The molecule has 0 unspecified atom stereocenters. The van der Waals surface area contributed by atoms with Gasteiger partial charge in [-0.3, -0.25) is 0 Å². The van der Waals surface area contributed by atoms with Crippen molar-refractivity contribution in [3.05, 3.63) is 0 Å². The summed E-state index contributed by atoms with van der Waals surface area (Å²) in [5, 5.41) is 0. The summed E-state index contributed by atoms with van der Waals surface area (Å²) in [6.07, 6.45) is 3.30. The molecule has 2 rings (SSSR count). The first-order chi connectivity index (χ1) is 6.36. The van der Waals surface area contributed by atoms with Crippen molar-refractivity contribution in [1.82, 2.24) is 4.90 Å². The first-order valence-electron chi connectivity index (χ1n) is 4.89. The summed E-state index contributed by atoms with van der Waals surface area (Å²) in [6.45, 7) is 2.62. The maximum Gasteiger partial charge on any atom is 0.410 e. The average Bonchev–Trinajstić information content (AvgIpc) is 2.12. The SMILES string of the molecule is O=C(OC1CCC1)N1CCOCC1. The molecule has 0 aromatic heterocycles. The molecule has 0 radical (unpaired) electrons. The van der Waals surface area contributed by atoms with Gasteiger partial charge in [-0.05, 0) is 19.3 Å². The third-order valence-corrected chi connectivity index (χ3v) is 2.59. The maximum atomic E-state index is 11.4. The Kier molecular flexibility index (Phi) is 2.68. The smallest absolute Gasteiger partial charge is 0.410 e. The number of amides is 1. The minimum Gasteiger partial charge on any atom is -0.446 e. The number of nitrogens with zero attached hydrogens (tertiary/aromatic N) is 1. The van der Waals surface area contributed by atoms with Crippen LogP contribution in [0, 0.1) is 0 Å². The highest BCUT2D eigenvalue weighted by molar-refractivity contribution is 5.68. The number of hydrogen-bond acceptors (Lipinski definition) is 3. The second-order valence-electron chi connectivity index (χ2n) is 3.54. The van der Waals surface area contributed by atoms with Crippen LogP contribution in [0.3, 0.4) is 0 Å². The predicted molar refractivity (Wildman–Crippen MR) is 46.5 cm³/mol. The highest BCUT2D eigenvalue weighted by Crippen LogP contribution is 2.22. The molecule has 2 fully saturated rings. The third kappa shape index (κ3) is 2.12. The molecule has 1 saturated heterocycles. The van der Waals surface area contributed by atoms with Gasteiger partial charge >= 0.3 is 6.09 Å². The van der Waals surface area contributed by atoms with Gasteiger partial charge in [0.25, 0.3) is 0 Å². The van der Waals surface area contributed by atoms with Gasteiger partial charge in [-0.25, -0.2) is 4.79 Å². The molecule has 1 heterocycles. The van der Waals surface area contributed by atoms with Gasteiger partial charge in [-0.1, -0.05) is 0 Å². The van der Waals surface area contributed by atoms with Gasteiger partial charge in [0.05, 0.1) is 13.2 Å². The van der Waals surface area contributed by atoms with E-state index in [0.29, 0.717) is 26.3 Å². The lowest BCUT2D eigenvalue weighted by atomic mass is 9.96. The molecule has 1 amide bonds. The molecule has 2 aliphatic rings. The third-order valence-electron chi connectivity index (χ3n) is 2.59. The topological polar surface area (TPSA) is 38.8 Å². The Hall–Kier alpha value is -0.770. The van der Waals surface area contributed by atoms with E-state index in [1.807, 2.05) is 0 Å². The summed E-state index contributed by atoms with van der Waals surface area (Å²) in [4.78, 5) is 13.2. The van der Waals surface area contributed by atoms with E-state index < -0.39 is 0 Å². The Morgan fingerprint density at radius 1 is 1.31 bits per heavy atom. The molecular formula is C9H15NO3. The molecule has 0 atom stereocenters. The standard InChI is InChI=1S/C9H15NO3/c11-9(13-8-2-1-3-8)10-4-6-12-7-5-10/h8H,1-7H2. The van der Waals surface area contributed by atoms with Crippen LogP contribution in [0.15, 0.2) is 0 Å². The summed E-state index contributed by atoms with van der Waals surface area (Å²) in [5.41, 5.74) is 0. The van der Waals surface area contributed by atoms with E-state index in [9.17, 15) is 4.79 Å². The van der Waals surface area contributed by atoms with Gasteiger partial charge in [-0.2, -0.15) is 0 Å². The number of carbonyl (C=O) groups excluding carboxylic acids is 1. The summed E-state index contributed by atoms with van der Waals surface area (Å²) >= 11 is 0.